The summed E-state index contributed by atoms with van der Waals surface area (Å²) >= 11 is 0. The molecular weight excluding hydrogens is 402 g/mol. The van der Waals surface area contributed by atoms with Crippen molar-refractivity contribution in [3.63, 3.8) is 0 Å². The van der Waals surface area contributed by atoms with E-state index in [2.05, 4.69) is 20.3 Å². The number of anilines is 1. The van der Waals surface area contributed by atoms with Crippen LogP contribution in [0.1, 0.15) is 26.0 Å². The van der Waals surface area contributed by atoms with Crippen molar-refractivity contribution in [3.05, 3.63) is 43.0 Å². The molecule has 4 unspecified atom stereocenters. The molecule has 0 saturated carbocycles. The maximum atomic E-state index is 12.3. The van der Waals surface area contributed by atoms with Gasteiger partial charge in [0.2, 0.25) is 0 Å². The highest BCUT2D eigenvalue weighted by molar-refractivity contribution is 5.97. The van der Waals surface area contributed by atoms with Crippen LogP contribution in [0.2, 0.25) is 0 Å². The fourth-order valence-electron chi connectivity index (χ4n) is 3.68. The first kappa shape index (κ1) is 21.2. The number of para-hydroxylation sites is 1. The van der Waals surface area contributed by atoms with Gasteiger partial charge in [-0.3, -0.25) is 9.36 Å². The van der Waals surface area contributed by atoms with Gasteiger partial charge in [-0.05, 0) is 18.6 Å². The van der Waals surface area contributed by atoms with Crippen LogP contribution in [0.3, 0.4) is 0 Å². The van der Waals surface area contributed by atoms with E-state index in [0.717, 1.165) is 6.42 Å². The Morgan fingerprint density at radius 1 is 1.26 bits per heavy atom. The Bertz CT molecular complexity index is 1030. The zero-order valence-electron chi connectivity index (χ0n) is 17.3. The average Bonchev–Trinajstić information content (AvgIpc) is 3.35. The van der Waals surface area contributed by atoms with Gasteiger partial charge in [0.25, 0.3) is 5.91 Å². The molecule has 3 aromatic rings. The summed E-state index contributed by atoms with van der Waals surface area (Å²) in [6, 6.07) is 9.06. The van der Waals surface area contributed by atoms with Crippen LogP contribution in [0.4, 0.5) is 5.82 Å². The third-order valence-electron chi connectivity index (χ3n) is 5.16. The number of carbonyl (C=O) groups is 1. The predicted octanol–water partition coefficient (Wildman–Crippen LogP) is 1.92. The van der Waals surface area contributed by atoms with Gasteiger partial charge in [0.15, 0.2) is 29.8 Å². The first-order chi connectivity index (χ1) is 15.1. The number of ether oxygens (including phenoxy) is 3. The molecule has 0 spiro atoms. The number of imidazole rings is 1. The lowest BCUT2D eigenvalue weighted by Crippen LogP contribution is -2.33. The topological polar surface area (TPSA) is 121 Å². The van der Waals surface area contributed by atoms with Crippen LogP contribution in [-0.2, 0) is 14.3 Å². The van der Waals surface area contributed by atoms with E-state index in [-0.39, 0.29) is 24.4 Å². The molecule has 1 fully saturated rings. The lowest BCUT2D eigenvalue weighted by atomic mass is 10.1. The Morgan fingerprint density at radius 2 is 2.06 bits per heavy atom. The highest BCUT2D eigenvalue weighted by atomic mass is 16.6. The first-order valence-electron chi connectivity index (χ1n) is 10.1. The molecular formula is C21H25N5O5. The van der Waals surface area contributed by atoms with Crippen LogP contribution in [0.15, 0.2) is 43.0 Å². The normalized spacial score (nSPS) is 23.2. The van der Waals surface area contributed by atoms with Crippen molar-refractivity contribution in [2.75, 3.05) is 19.0 Å². The fourth-order valence-corrected chi connectivity index (χ4v) is 3.68. The number of aliphatic hydroxyl groups is 1. The van der Waals surface area contributed by atoms with E-state index < -0.39 is 18.4 Å². The summed E-state index contributed by atoms with van der Waals surface area (Å²) in [6.45, 7) is 1.86. The number of carbonyl (C=O) groups excluding carboxylic acids is 1. The highest BCUT2D eigenvalue weighted by Crippen LogP contribution is 2.35. The number of nitrogens with one attached hydrogen (secondary N) is 1. The second-order valence-electron chi connectivity index (χ2n) is 7.24. The predicted molar refractivity (Wildman–Crippen MR) is 112 cm³/mol. The minimum absolute atomic E-state index is 0.168. The van der Waals surface area contributed by atoms with E-state index in [1.54, 1.807) is 23.0 Å². The average molecular weight is 427 g/mol. The number of fused-ring (bicyclic) bond motifs is 1. The van der Waals surface area contributed by atoms with Crippen LogP contribution < -0.4 is 10.1 Å². The van der Waals surface area contributed by atoms with Crippen molar-refractivity contribution in [1.29, 1.82) is 0 Å². The zero-order chi connectivity index (χ0) is 21.8. The van der Waals surface area contributed by atoms with Crippen LogP contribution in [0, 0.1) is 0 Å². The van der Waals surface area contributed by atoms with Crippen molar-refractivity contribution in [3.8, 4) is 5.75 Å². The largest absolute Gasteiger partial charge is 0.484 e. The van der Waals surface area contributed by atoms with Crippen molar-refractivity contribution >= 4 is 22.9 Å². The van der Waals surface area contributed by atoms with Crippen LogP contribution in [-0.4, -0.2) is 62.6 Å². The standard InChI is InChI=1S/C21H25N5O5/c1-3-7-14-17(28)18(29-2)21(31-14)26-12-24-16-19(22-11-23-20(16)26)25-15(27)10-30-13-8-5-4-6-9-13/h4-6,8-9,11-12,14,17-18,21,28H,3,7,10H2,1-2H3,(H,22,23,25,27). The molecule has 0 aliphatic carbocycles. The van der Waals surface area contributed by atoms with E-state index >= 15 is 0 Å². The molecule has 2 aromatic heterocycles. The Labute approximate surface area is 179 Å². The van der Waals surface area contributed by atoms with Gasteiger partial charge in [0, 0.05) is 7.11 Å². The van der Waals surface area contributed by atoms with E-state index in [4.69, 9.17) is 14.2 Å². The van der Waals surface area contributed by atoms with E-state index in [1.807, 2.05) is 25.1 Å². The minimum Gasteiger partial charge on any atom is -0.484 e. The molecule has 0 radical (unpaired) electrons. The summed E-state index contributed by atoms with van der Waals surface area (Å²) in [4.78, 5) is 25.2. The van der Waals surface area contributed by atoms with E-state index in [0.29, 0.717) is 23.3 Å². The van der Waals surface area contributed by atoms with Gasteiger partial charge < -0.3 is 24.6 Å². The Balaban J connectivity index is 1.52. The van der Waals surface area contributed by atoms with Gasteiger partial charge in [-0.15, -0.1) is 0 Å². The SMILES string of the molecule is CCCC1OC(n2cnc3c(NC(=O)COc4ccccc4)ncnc32)C(OC)C1O. The zero-order valence-corrected chi connectivity index (χ0v) is 17.3. The molecule has 164 valence electrons. The van der Waals surface area contributed by atoms with E-state index in [9.17, 15) is 9.90 Å². The minimum atomic E-state index is -0.761. The second kappa shape index (κ2) is 9.38. The molecule has 31 heavy (non-hydrogen) atoms. The number of hydrogen-bond donors (Lipinski definition) is 2. The van der Waals surface area contributed by atoms with Crippen molar-refractivity contribution in [2.24, 2.45) is 0 Å². The van der Waals surface area contributed by atoms with Gasteiger partial charge in [-0.2, -0.15) is 0 Å². The molecule has 1 aliphatic heterocycles. The van der Waals surface area contributed by atoms with Gasteiger partial charge in [-0.1, -0.05) is 31.5 Å². The fraction of sp³-hybridized carbons (Fsp3) is 0.429. The molecule has 3 heterocycles. The van der Waals surface area contributed by atoms with Crippen molar-refractivity contribution in [1.82, 2.24) is 19.5 Å². The highest BCUT2D eigenvalue weighted by Gasteiger charge is 2.45. The second-order valence-corrected chi connectivity index (χ2v) is 7.24. The summed E-state index contributed by atoms with van der Waals surface area (Å²) in [5.74, 6) is 0.491. The smallest absolute Gasteiger partial charge is 0.263 e. The molecule has 2 N–H and O–H groups in total. The molecule has 1 aliphatic rings. The lowest BCUT2D eigenvalue weighted by Gasteiger charge is -2.19. The van der Waals surface area contributed by atoms with E-state index in [1.165, 1.54) is 13.4 Å². The summed E-state index contributed by atoms with van der Waals surface area (Å²) in [5, 5.41) is 13.3. The molecule has 4 rings (SSSR count). The maximum absolute atomic E-state index is 12.3. The van der Waals surface area contributed by atoms with Gasteiger partial charge >= 0.3 is 0 Å². The molecule has 10 heteroatoms. The summed E-state index contributed by atoms with van der Waals surface area (Å²) < 4.78 is 18.7. The van der Waals surface area contributed by atoms with Crippen LogP contribution in [0.5, 0.6) is 5.75 Å². The number of rotatable bonds is 8. The first-order valence-corrected chi connectivity index (χ1v) is 10.1. The molecule has 4 atom stereocenters. The van der Waals surface area contributed by atoms with Crippen LogP contribution in [0.25, 0.3) is 11.2 Å². The molecule has 1 aromatic carbocycles. The Hall–Kier alpha value is -3.08. The third kappa shape index (κ3) is 4.36. The Morgan fingerprint density at radius 3 is 2.81 bits per heavy atom. The summed E-state index contributed by atoms with van der Waals surface area (Å²) in [5.41, 5.74) is 0.869. The van der Waals surface area contributed by atoms with Crippen LogP contribution >= 0.6 is 0 Å². The van der Waals surface area contributed by atoms with Gasteiger partial charge in [0.05, 0.1) is 12.4 Å². The molecule has 10 nitrogen and oxygen atoms in total. The summed E-state index contributed by atoms with van der Waals surface area (Å²) in [6.07, 6.45) is 2.21. The van der Waals surface area contributed by atoms with Gasteiger partial charge in [0.1, 0.15) is 24.3 Å². The number of aromatic nitrogens is 4. The molecule has 0 bridgehead atoms. The number of amides is 1. The van der Waals surface area contributed by atoms with Crippen molar-refractivity contribution < 1.29 is 24.1 Å². The molecule has 1 saturated heterocycles. The third-order valence-corrected chi connectivity index (χ3v) is 5.16. The monoisotopic (exact) mass is 427 g/mol. The number of hydrogen-bond acceptors (Lipinski definition) is 8. The summed E-state index contributed by atoms with van der Waals surface area (Å²) in [7, 11) is 1.53. The molecule has 1 amide bonds. The maximum Gasteiger partial charge on any atom is 0.263 e. The number of aliphatic hydroxyl groups excluding tert-OH is 1. The number of methoxy groups -OCH3 is 1. The van der Waals surface area contributed by atoms with Crippen molar-refractivity contribution in [2.45, 2.75) is 44.3 Å². The Kier molecular flexibility index (Phi) is 6.40. The number of nitrogens with zero attached hydrogens (tertiary/aromatic N) is 4. The quantitative estimate of drug-likeness (QED) is 0.559. The number of benzene rings is 1. The lowest BCUT2D eigenvalue weighted by molar-refractivity contribution is -0.118. The van der Waals surface area contributed by atoms with Gasteiger partial charge in [-0.25, -0.2) is 15.0 Å².